The number of nitrogens with zero attached hydrogens (tertiary/aromatic N) is 1. The number of carbonyl (C=O) groups excluding carboxylic acids is 1. The lowest BCUT2D eigenvalue weighted by Gasteiger charge is -2.13. The molecule has 3 rings (SSSR count). The molecule has 1 heterocycles. The molecule has 0 radical (unpaired) electrons. The topological polar surface area (TPSA) is 105 Å². The maximum Gasteiger partial charge on any atom is 0.259 e. The first kappa shape index (κ1) is 24.0. The number of sulfone groups is 1. The summed E-state index contributed by atoms with van der Waals surface area (Å²) < 4.78 is 36.0. The standard InChI is InChI=1S/C20H19ClN2O5S.H2S/c1-27-19-3-2-17(29(25,26)12-13-4-5-28-11-13)9-18(19)20(24)23-16-7-14(10-22)6-15(21)8-16;/h2-3,6-9,13H,4-5,11-12H2,1H3,(H,23,24);1H2/t13-;/m0./s1. The molecule has 1 aliphatic heterocycles. The smallest absolute Gasteiger partial charge is 0.259 e. The fraction of sp³-hybridized carbons (Fsp3) is 0.300. The van der Waals surface area contributed by atoms with Gasteiger partial charge in [-0.1, -0.05) is 11.6 Å². The zero-order chi connectivity index (χ0) is 21.0. The molecule has 1 fully saturated rings. The Hall–Kier alpha value is -2.25. The largest absolute Gasteiger partial charge is 0.496 e. The summed E-state index contributed by atoms with van der Waals surface area (Å²) in [7, 11) is -2.20. The molecule has 0 spiro atoms. The van der Waals surface area contributed by atoms with E-state index in [1.165, 1.54) is 43.5 Å². The van der Waals surface area contributed by atoms with Crippen LogP contribution in [0.2, 0.25) is 5.02 Å². The molecule has 0 saturated carbocycles. The Bertz CT molecular complexity index is 1080. The first-order valence-corrected chi connectivity index (χ1v) is 10.9. The molecule has 2 aromatic carbocycles. The molecular formula is C20H21ClN2O5S2. The zero-order valence-corrected chi connectivity index (χ0v) is 18.7. The lowest BCUT2D eigenvalue weighted by Crippen LogP contribution is -2.18. The summed E-state index contributed by atoms with van der Waals surface area (Å²) in [6, 6.07) is 10.6. The van der Waals surface area contributed by atoms with Gasteiger partial charge in [0.05, 0.1) is 41.6 Å². The minimum atomic E-state index is -3.59. The summed E-state index contributed by atoms with van der Waals surface area (Å²) >= 11 is 5.97. The van der Waals surface area contributed by atoms with Gasteiger partial charge in [0.25, 0.3) is 5.91 Å². The van der Waals surface area contributed by atoms with E-state index in [4.69, 9.17) is 26.3 Å². The third-order valence-corrected chi connectivity index (χ3v) is 6.64. The van der Waals surface area contributed by atoms with Crippen molar-refractivity contribution in [2.24, 2.45) is 5.92 Å². The Morgan fingerprint density at radius 1 is 1.33 bits per heavy atom. The van der Waals surface area contributed by atoms with E-state index in [-0.39, 0.29) is 46.9 Å². The van der Waals surface area contributed by atoms with E-state index in [0.717, 1.165) is 0 Å². The van der Waals surface area contributed by atoms with E-state index in [0.29, 0.717) is 30.3 Å². The zero-order valence-electron chi connectivity index (χ0n) is 16.1. The Labute approximate surface area is 187 Å². The third kappa shape index (κ3) is 5.67. The summed E-state index contributed by atoms with van der Waals surface area (Å²) in [6.45, 7) is 0.972. The van der Waals surface area contributed by atoms with Gasteiger partial charge < -0.3 is 14.8 Å². The number of nitrogens with one attached hydrogen (secondary N) is 1. The monoisotopic (exact) mass is 468 g/mol. The maximum absolute atomic E-state index is 12.8. The van der Waals surface area contributed by atoms with Gasteiger partial charge in [-0.3, -0.25) is 4.79 Å². The molecule has 30 heavy (non-hydrogen) atoms. The molecule has 1 N–H and O–H groups in total. The molecule has 2 aromatic rings. The number of halogens is 1. The van der Waals surface area contributed by atoms with Gasteiger partial charge in [0.15, 0.2) is 9.84 Å². The van der Waals surface area contributed by atoms with Crippen LogP contribution in [-0.2, 0) is 14.6 Å². The van der Waals surface area contributed by atoms with E-state index in [2.05, 4.69) is 5.32 Å². The molecule has 0 bridgehead atoms. The Kier molecular flexibility index (Phi) is 8.15. The number of nitriles is 1. The van der Waals surface area contributed by atoms with Crippen molar-refractivity contribution >= 4 is 46.5 Å². The average Bonchev–Trinajstić information content (AvgIpc) is 3.19. The van der Waals surface area contributed by atoms with Crippen molar-refractivity contribution in [3.63, 3.8) is 0 Å². The van der Waals surface area contributed by atoms with Crippen LogP contribution in [0.1, 0.15) is 22.3 Å². The van der Waals surface area contributed by atoms with E-state index in [9.17, 15) is 13.2 Å². The third-order valence-electron chi connectivity index (χ3n) is 4.54. The van der Waals surface area contributed by atoms with Crippen molar-refractivity contribution < 1.29 is 22.7 Å². The predicted molar refractivity (Wildman–Crippen MR) is 118 cm³/mol. The summed E-state index contributed by atoms with van der Waals surface area (Å²) in [6.07, 6.45) is 0.693. The molecule has 0 aliphatic carbocycles. The highest BCUT2D eigenvalue weighted by atomic mass is 35.5. The van der Waals surface area contributed by atoms with Gasteiger partial charge in [0.1, 0.15) is 5.75 Å². The quantitative estimate of drug-likeness (QED) is 0.696. The van der Waals surface area contributed by atoms with Crippen LogP contribution in [0.15, 0.2) is 41.3 Å². The molecule has 1 aliphatic rings. The Morgan fingerprint density at radius 3 is 2.73 bits per heavy atom. The summed E-state index contributed by atoms with van der Waals surface area (Å²) in [4.78, 5) is 12.8. The van der Waals surface area contributed by atoms with E-state index in [1.54, 1.807) is 0 Å². The lowest BCUT2D eigenvalue weighted by molar-refractivity contribution is 0.102. The summed E-state index contributed by atoms with van der Waals surface area (Å²) in [5, 5.41) is 12.0. The van der Waals surface area contributed by atoms with Gasteiger partial charge in [0.2, 0.25) is 0 Å². The first-order chi connectivity index (χ1) is 13.8. The predicted octanol–water partition coefficient (Wildman–Crippen LogP) is 3.40. The van der Waals surface area contributed by atoms with Crippen molar-refractivity contribution in [3.05, 3.63) is 52.5 Å². The number of amides is 1. The van der Waals surface area contributed by atoms with E-state index >= 15 is 0 Å². The number of rotatable bonds is 6. The molecule has 10 heteroatoms. The molecule has 1 amide bonds. The van der Waals surface area contributed by atoms with Crippen LogP contribution in [0.4, 0.5) is 5.69 Å². The Morgan fingerprint density at radius 2 is 2.10 bits per heavy atom. The van der Waals surface area contributed by atoms with Gasteiger partial charge in [-0.05, 0) is 48.7 Å². The van der Waals surface area contributed by atoms with Crippen LogP contribution in [0.5, 0.6) is 5.75 Å². The lowest BCUT2D eigenvalue weighted by atomic mass is 10.1. The van der Waals surface area contributed by atoms with Gasteiger partial charge in [0, 0.05) is 17.3 Å². The van der Waals surface area contributed by atoms with Crippen LogP contribution < -0.4 is 10.1 Å². The number of ether oxygens (including phenoxy) is 2. The van der Waals surface area contributed by atoms with Crippen LogP contribution in [0.3, 0.4) is 0 Å². The van der Waals surface area contributed by atoms with Gasteiger partial charge in [-0.2, -0.15) is 18.8 Å². The number of benzene rings is 2. The highest BCUT2D eigenvalue weighted by molar-refractivity contribution is 7.91. The first-order valence-electron chi connectivity index (χ1n) is 8.83. The number of hydrogen-bond donors (Lipinski definition) is 1. The number of hydrogen-bond acceptors (Lipinski definition) is 6. The Balaban J connectivity index is 0.00000320. The summed E-state index contributed by atoms with van der Waals surface area (Å²) in [5.74, 6) is -0.446. The van der Waals surface area contributed by atoms with E-state index < -0.39 is 15.7 Å². The summed E-state index contributed by atoms with van der Waals surface area (Å²) in [5.41, 5.74) is 0.669. The normalized spacial score (nSPS) is 15.7. The van der Waals surface area contributed by atoms with Crippen molar-refractivity contribution in [2.45, 2.75) is 11.3 Å². The molecule has 160 valence electrons. The number of anilines is 1. The van der Waals surface area contributed by atoms with Crippen LogP contribution >= 0.6 is 25.1 Å². The fourth-order valence-corrected chi connectivity index (χ4v) is 4.99. The highest BCUT2D eigenvalue weighted by Gasteiger charge is 2.26. The van der Waals surface area contributed by atoms with Crippen molar-refractivity contribution in [1.29, 1.82) is 5.26 Å². The van der Waals surface area contributed by atoms with Crippen LogP contribution in [-0.4, -0.2) is 40.4 Å². The van der Waals surface area contributed by atoms with Crippen molar-refractivity contribution in [3.8, 4) is 11.8 Å². The highest BCUT2D eigenvalue weighted by Crippen LogP contribution is 2.27. The molecule has 0 aromatic heterocycles. The molecular weight excluding hydrogens is 448 g/mol. The number of carbonyl (C=O) groups is 1. The van der Waals surface area contributed by atoms with Gasteiger partial charge >= 0.3 is 0 Å². The second-order valence-electron chi connectivity index (χ2n) is 6.67. The molecule has 7 nitrogen and oxygen atoms in total. The van der Waals surface area contributed by atoms with E-state index in [1.807, 2.05) is 6.07 Å². The maximum atomic E-state index is 12.8. The number of methoxy groups -OCH3 is 1. The van der Waals surface area contributed by atoms with Gasteiger partial charge in [-0.15, -0.1) is 0 Å². The minimum absolute atomic E-state index is 0. The van der Waals surface area contributed by atoms with Crippen molar-refractivity contribution in [1.82, 2.24) is 0 Å². The molecule has 0 unspecified atom stereocenters. The second kappa shape index (κ2) is 10.2. The second-order valence-corrected chi connectivity index (χ2v) is 9.14. The SMILES string of the molecule is COc1ccc(S(=O)(=O)C[C@H]2CCOC2)cc1C(=O)Nc1cc(Cl)cc(C#N)c1.S. The average molecular weight is 469 g/mol. The minimum Gasteiger partial charge on any atom is -0.496 e. The fourth-order valence-electron chi connectivity index (χ4n) is 3.10. The van der Waals surface area contributed by atoms with Crippen LogP contribution in [0, 0.1) is 17.2 Å². The molecule has 1 atom stereocenters. The van der Waals surface area contributed by atoms with Gasteiger partial charge in [-0.25, -0.2) is 8.42 Å². The molecule has 1 saturated heterocycles. The van der Waals surface area contributed by atoms with Crippen LogP contribution in [0.25, 0.3) is 0 Å². The van der Waals surface area contributed by atoms with Crippen molar-refractivity contribution in [2.75, 3.05) is 31.4 Å².